The Morgan fingerprint density at radius 1 is 1.39 bits per heavy atom. The van der Waals surface area contributed by atoms with E-state index < -0.39 is 51.7 Å². The molecule has 1 aromatic rings. The molecule has 1 N–H and O–H groups in total. The van der Waals surface area contributed by atoms with Crippen molar-refractivity contribution in [3.05, 3.63) is 34.6 Å². The number of rotatable bonds is 2. The van der Waals surface area contributed by atoms with E-state index in [1.165, 1.54) is 0 Å². The van der Waals surface area contributed by atoms with Crippen molar-refractivity contribution in [3.8, 4) is 0 Å². The summed E-state index contributed by atoms with van der Waals surface area (Å²) >= 11 is -2.41. The van der Waals surface area contributed by atoms with E-state index in [1.807, 2.05) is 0 Å². The topological polar surface area (TPSA) is 54.4 Å². The quantitative estimate of drug-likeness (QED) is 0.669. The molecule has 3 nitrogen and oxygen atoms in total. The first-order valence-corrected chi connectivity index (χ1v) is 5.99. The molecule has 98 valence electrons. The first-order valence-electron chi connectivity index (χ1n) is 4.72. The minimum absolute atomic E-state index is 0.267. The smallest absolute Gasteiger partial charge is 0.306 e. The van der Waals surface area contributed by atoms with E-state index in [-0.39, 0.29) is 5.56 Å². The summed E-state index contributed by atoms with van der Waals surface area (Å²) in [6.45, 7) is 0. The van der Waals surface area contributed by atoms with Crippen molar-refractivity contribution in [2.45, 2.75) is 17.8 Å². The minimum atomic E-state index is -4.34. The van der Waals surface area contributed by atoms with E-state index >= 15 is 0 Å². The summed E-state index contributed by atoms with van der Waals surface area (Å²) in [7, 11) is 0. The zero-order valence-electron chi connectivity index (χ0n) is 8.62. The van der Waals surface area contributed by atoms with E-state index in [1.54, 1.807) is 0 Å². The van der Waals surface area contributed by atoms with Gasteiger partial charge in [-0.2, -0.15) is 8.78 Å². The highest BCUT2D eigenvalue weighted by atomic mass is 32.2. The van der Waals surface area contributed by atoms with Gasteiger partial charge in [-0.05, 0) is 11.6 Å². The molecule has 0 amide bonds. The lowest BCUT2D eigenvalue weighted by Gasteiger charge is -2.09. The van der Waals surface area contributed by atoms with Crippen LogP contribution in [0.2, 0.25) is 0 Å². The molecule has 2 rings (SSSR count). The number of alkyl halides is 3. The zero-order valence-corrected chi connectivity index (χ0v) is 9.44. The fourth-order valence-corrected chi connectivity index (χ4v) is 2.38. The maximum Gasteiger partial charge on any atom is 0.344 e. The highest BCUT2D eigenvalue weighted by Crippen LogP contribution is 2.47. The molecule has 0 heterocycles. The second-order valence-electron chi connectivity index (χ2n) is 3.78. The molecule has 8 heteroatoms. The van der Waals surface area contributed by atoms with E-state index in [4.69, 9.17) is 4.55 Å². The van der Waals surface area contributed by atoms with Gasteiger partial charge in [0.25, 0.3) is 0 Å². The summed E-state index contributed by atoms with van der Waals surface area (Å²) in [4.78, 5) is 11.3. The third-order valence-electron chi connectivity index (χ3n) is 2.66. The molecule has 1 aliphatic rings. The summed E-state index contributed by atoms with van der Waals surface area (Å²) in [5.74, 6) is -8.10. The fraction of sp³-hybridized carbons (Fsp3) is 0.300. The van der Waals surface area contributed by atoms with Gasteiger partial charge in [-0.25, -0.2) is 13.0 Å². The molecule has 1 unspecified atom stereocenters. The molecular weight excluding hydrogens is 276 g/mol. The molecule has 1 aromatic carbocycles. The van der Waals surface area contributed by atoms with Gasteiger partial charge in [0.05, 0.1) is 5.75 Å². The monoisotopic (exact) mass is 282 g/mol. The second kappa shape index (κ2) is 4.13. The Kier molecular flexibility index (Phi) is 3.02. The Hall–Kier alpha value is -1.28. The Labute approximate surface area is 101 Å². The van der Waals surface area contributed by atoms with Crippen molar-refractivity contribution < 1.29 is 31.1 Å². The number of hydrogen-bond acceptors (Lipinski definition) is 2. The van der Waals surface area contributed by atoms with Crippen LogP contribution in [0.5, 0.6) is 0 Å². The van der Waals surface area contributed by atoms with Crippen molar-refractivity contribution >= 4 is 16.9 Å². The van der Waals surface area contributed by atoms with Gasteiger partial charge in [-0.3, -0.25) is 4.79 Å². The van der Waals surface area contributed by atoms with Crippen LogP contribution >= 0.6 is 0 Å². The van der Waals surface area contributed by atoms with Crippen molar-refractivity contribution in [1.29, 1.82) is 0 Å². The number of halogens is 4. The van der Waals surface area contributed by atoms with Crippen molar-refractivity contribution in [2.24, 2.45) is 0 Å². The molecule has 0 fully saturated rings. The largest absolute Gasteiger partial charge is 0.344 e. The van der Waals surface area contributed by atoms with Crippen LogP contribution in [-0.2, 0) is 16.8 Å². The Morgan fingerprint density at radius 2 is 2.00 bits per heavy atom. The number of hydrogen-bond donors (Lipinski definition) is 1. The molecule has 0 saturated carbocycles. The minimum Gasteiger partial charge on any atom is -0.306 e. The highest BCUT2D eigenvalue weighted by Gasteiger charge is 2.58. The summed E-state index contributed by atoms with van der Waals surface area (Å²) in [6.07, 6.45) is -3.06. The molecule has 0 aromatic heterocycles. The van der Waals surface area contributed by atoms with Gasteiger partial charge in [-0.1, -0.05) is 6.07 Å². The Bertz CT molecular complexity index is 558. The first kappa shape index (κ1) is 13.2. The number of fused-ring (bicyclic) bond motifs is 1. The van der Waals surface area contributed by atoms with E-state index in [0.717, 1.165) is 6.07 Å². The number of carbonyl (C=O) groups excluding carboxylic acids is 1. The Balaban J connectivity index is 2.67. The van der Waals surface area contributed by atoms with Crippen LogP contribution in [0.3, 0.4) is 0 Å². The molecule has 0 bridgehead atoms. The third kappa shape index (κ3) is 1.76. The van der Waals surface area contributed by atoms with Gasteiger partial charge in [0.2, 0.25) is 5.78 Å². The van der Waals surface area contributed by atoms with Crippen molar-refractivity contribution in [1.82, 2.24) is 0 Å². The van der Waals surface area contributed by atoms with Gasteiger partial charge in [0.1, 0.15) is 5.82 Å². The van der Waals surface area contributed by atoms with Gasteiger partial charge in [-0.15, -0.1) is 0 Å². The number of carbonyl (C=O) groups is 1. The van der Waals surface area contributed by atoms with Gasteiger partial charge in [0.15, 0.2) is 17.3 Å². The number of benzene rings is 1. The lowest BCUT2D eigenvalue weighted by Crippen LogP contribution is -2.26. The van der Waals surface area contributed by atoms with Crippen LogP contribution in [0.1, 0.15) is 27.7 Å². The summed E-state index contributed by atoms with van der Waals surface area (Å²) in [5.41, 5.74) is -2.13. The maximum atomic E-state index is 13.4. The highest BCUT2D eigenvalue weighted by molar-refractivity contribution is 7.78. The molecule has 0 radical (unpaired) electrons. The molecule has 1 aliphatic carbocycles. The van der Waals surface area contributed by atoms with Crippen LogP contribution in [0, 0.1) is 5.82 Å². The Morgan fingerprint density at radius 3 is 2.56 bits per heavy atom. The van der Waals surface area contributed by atoms with E-state index in [9.17, 15) is 26.6 Å². The molecule has 0 spiro atoms. The maximum absolute atomic E-state index is 13.4. The standard InChI is InChI=1S/C10H6F4O3S/c11-5-2-1-4(3-18(16)17)6-7(5)8(12)10(13,14)9(6)15/h1-2,8H,3H2,(H,16,17)/t8-/m1/s1. The van der Waals surface area contributed by atoms with Gasteiger partial charge in [0, 0.05) is 11.1 Å². The normalized spacial score (nSPS) is 22.9. The molecule has 2 atom stereocenters. The zero-order chi connectivity index (χ0) is 13.7. The predicted octanol–water partition coefficient (Wildman–Crippen LogP) is 2.39. The van der Waals surface area contributed by atoms with Crippen molar-refractivity contribution in [2.75, 3.05) is 0 Å². The average molecular weight is 282 g/mol. The van der Waals surface area contributed by atoms with Crippen LogP contribution in [0.25, 0.3) is 0 Å². The summed E-state index contributed by atoms with van der Waals surface area (Å²) < 4.78 is 72.4. The molecular formula is C10H6F4O3S. The second-order valence-corrected chi connectivity index (χ2v) is 4.71. The van der Waals surface area contributed by atoms with Gasteiger partial charge < -0.3 is 4.55 Å². The van der Waals surface area contributed by atoms with E-state index in [2.05, 4.69) is 0 Å². The van der Waals surface area contributed by atoms with Crippen molar-refractivity contribution in [3.63, 3.8) is 0 Å². The molecule has 0 aliphatic heterocycles. The SMILES string of the molecule is O=C1c2c(CS(=O)O)ccc(F)c2[C@@H](F)C1(F)F. The average Bonchev–Trinajstić information content (AvgIpc) is 2.44. The van der Waals surface area contributed by atoms with Crippen LogP contribution in [-0.4, -0.2) is 20.5 Å². The lowest BCUT2D eigenvalue weighted by atomic mass is 10.0. The van der Waals surface area contributed by atoms with Crippen LogP contribution in [0.15, 0.2) is 12.1 Å². The van der Waals surface area contributed by atoms with Gasteiger partial charge >= 0.3 is 5.92 Å². The van der Waals surface area contributed by atoms with Crippen LogP contribution in [0.4, 0.5) is 17.6 Å². The summed E-state index contributed by atoms with van der Waals surface area (Å²) in [6, 6.07) is 1.62. The fourth-order valence-electron chi connectivity index (χ4n) is 1.87. The number of ketones is 1. The summed E-state index contributed by atoms with van der Waals surface area (Å²) in [5, 5.41) is 0. The lowest BCUT2D eigenvalue weighted by molar-refractivity contribution is -0.0372. The molecule has 0 saturated heterocycles. The van der Waals surface area contributed by atoms with E-state index in [0.29, 0.717) is 6.07 Å². The third-order valence-corrected chi connectivity index (χ3v) is 3.22. The number of Topliss-reactive ketones (excluding diaryl/α,β-unsaturated/α-hetero) is 1. The van der Waals surface area contributed by atoms with Crippen LogP contribution < -0.4 is 0 Å². The predicted molar refractivity (Wildman–Crippen MR) is 54.0 cm³/mol. The first-order chi connectivity index (χ1) is 8.26. The molecule has 18 heavy (non-hydrogen) atoms.